The molecule has 8 rings (SSSR count). The molecule has 54 heavy (non-hydrogen) atoms. The summed E-state index contributed by atoms with van der Waals surface area (Å²) in [6.07, 6.45) is 8.70. The van der Waals surface area contributed by atoms with E-state index in [0.29, 0.717) is 44.1 Å². The predicted molar refractivity (Wildman–Crippen MR) is 202 cm³/mol. The lowest BCUT2D eigenvalue weighted by Gasteiger charge is -2.29. The molecule has 276 valence electrons. The van der Waals surface area contributed by atoms with Crippen molar-refractivity contribution < 1.29 is 23.9 Å². The number of hydrogen-bond acceptors (Lipinski definition) is 8. The van der Waals surface area contributed by atoms with Crippen LogP contribution >= 0.6 is 0 Å². The molecule has 3 aromatic heterocycles. The van der Waals surface area contributed by atoms with E-state index in [1.165, 1.54) is 0 Å². The number of carbonyl (C=O) groups excluding carboxylic acids is 4. The third-order valence-electron chi connectivity index (χ3n) is 10.9. The summed E-state index contributed by atoms with van der Waals surface area (Å²) in [7, 11) is 0. The third-order valence-corrected chi connectivity index (χ3v) is 10.9. The molecule has 6 heterocycles. The van der Waals surface area contributed by atoms with Gasteiger partial charge in [0, 0.05) is 79.9 Å². The average Bonchev–Trinajstić information content (AvgIpc) is 3.73. The van der Waals surface area contributed by atoms with Crippen molar-refractivity contribution in [3.05, 3.63) is 95.2 Å². The first-order chi connectivity index (χ1) is 26.3. The van der Waals surface area contributed by atoms with Gasteiger partial charge in [0.1, 0.15) is 11.9 Å². The fourth-order valence-corrected chi connectivity index (χ4v) is 8.01. The normalized spacial score (nSPS) is 16.8. The lowest BCUT2D eigenvalue weighted by atomic mass is 9.98. The Bertz CT molecular complexity index is 2280. The number of carbonyl (C=O) groups is 4. The van der Waals surface area contributed by atoms with Crippen molar-refractivity contribution in [3.63, 3.8) is 0 Å². The number of nitrogens with zero attached hydrogens (tertiary/aromatic N) is 6. The van der Waals surface area contributed by atoms with E-state index in [4.69, 9.17) is 14.7 Å². The van der Waals surface area contributed by atoms with Crippen LogP contribution in [0.25, 0.3) is 33.3 Å². The van der Waals surface area contributed by atoms with Gasteiger partial charge in [-0.2, -0.15) is 0 Å². The summed E-state index contributed by atoms with van der Waals surface area (Å²) < 4.78 is 8.24. The van der Waals surface area contributed by atoms with E-state index < -0.39 is 11.9 Å². The highest BCUT2D eigenvalue weighted by Gasteiger charge is 2.39. The second-order valence-corrected chi connectivity index (χ2v) is 14.3. The van der Waals surface area contributed by atoms with Gasteiger partial charge in [0.15, 0.2) is 0 Å². The molecule has 3 aliphatic rings. The molecule has 12 heteroatoms. The summed E-state index contributed by atoms with van der Waals surface area (Å²) in [5.41, 5.74) is 7.47. The number of ether oxygens (including phenoxy) is 1. The maximum Gasteiger partial charge on any atom is 0.255 e. The van der Waals surface area contributed by atoms with Gasteiger partial charge >= 0.3 is 0 Å². The van der Waals surface area contributed by atoms with Gasteiger partial charge < -0.3 is 19.1 Å². The summed E-state index contributed by atoms with van der Waals surface area (Å²) >= 11 is 0. The molecule has 1 atom stereocenters. The van der Waals surface area contributed by atoms with Crippen molar-refractivity contribution >= 4 is 34.4 Å². The van der Waals surface area contributed by atoms with Crippen LogP contribution in [0.4, 0.5) is 0 Å². The molecule has 1 fully saturated rings. The molecule has 12 nitrogen and oxygen atoms in total. The lowest BCUT2D eigenvalue weighted by molar-refractivity contribution is -0.137. The van der Waals surface area contributed by atoms with Crippen molar-refractivity contribution in [2.45, 2.75) is 84.5 Å². The Labute approximate surface area is 313 Å². The predicted octanol–water partition coefficient (Wildman–Crippen LogP) is 5.64. The molecule has 1 unspecified atom stereocenters. The number of imidazole rings is 1. The van der Waals surface area contributed by atoms with Gasteiger partial charge in [-0.15, -0.1) is 0 Å². The van der Waals surface area contributed by atoms with Crippen LogP contribution < -0.4 is 10.1 Å². The second-order valence-electron chi connectivity index (χ2n) is 14.3. The van der Waals surface area contributed by atoms with Crippen molar-refractivity contribution in [1.82, 2.24) is 34.6 Å². The summed E-state index contributed by atoms with van der Waals surface area (Å²) in [5.74, 6) is 0.854. The molecule has 0 saturated carbocycles. The van der Waals surface area contributed by atoms with Crippen LogP contribution in [0.3, 0.4) is 0 Å². The number of fused-ring (bicyclic) bond motifs is 3. The van der Waals surface area contributed by atoms with E-state index in [0.717, 1.165) is 94.6 Å². The topological polar surface area (TPSA) is 140 Å². The van der Waals surface area contributed by atoms with Crippen LogP contribution in [0.5, 0.6) is 5.88 Å². The van der Waals surface area contributed by atoms with Gasteiger partial charge in [0.05, 0.1) is 30.2 Å². The molecule has 0 bridgehead atoms. The molecule has 5 aromatic rings. The number of hydrogen-bond donors (Lipinski definition) is 1. The van der Waals surface area contributed by atoms with Crippen molar-refractivity contribution in [1.29, 1.82) is 0 Å². The van der Waals surface area contributed by atoms with Gasteiger partial charge in [0.25, 0.3) is 5.91 Å². The summed E-state index contributed by atoms with van der Waals surface area (Å²) in [6, 6.07) is 17.3. The molecule has 3 aliphatic heterocycles. The van der Waals surface area contributed by atoms with Crippen LogP contribution in [-0.4, -0.2) is 72.1 Å². The zero-order chi connectivity index (χ0) is 37.3. The number of imide groups is 1. The Morgan fingerprint density at radius 2 is 1.80 bits per heavy atom. The van der Waals surface area contributed by atoms with Gasteiger partial charge in [-0.05, 0) is 66.8 Å². The number of unbranched alkanes of at least 4 members (excludes halogenated alkanes) is 2. The minimum absolute atomic E-state index is 0.0755. The highest BCUT2D eigenvalue weighted by Crippen LogP contribution is 2.35. The maximum absolute atomic E-state index is 13.1. The number of benzene rings is 2. The Balaban J connectivity index is 0.860. The lowest BCUT2D eigenvalue weighted by Crippen LogP contribution is -2.52. The quantitative estimate of drug-likeness (QED) is 0.136. The summed E-state index contributed by atoms with van der Waals surface area (Å²) in [5, 5.41) is 4.43. The van der Waals surface area contributed by atoms with Gasteiger partial charge in [-0.1, -0.05) is 37.3 Å². The first-order valence-electron chi connectivity index (χ1n) is 18.9. The second kappa shape index (κ2) is 14.8. The molecule has 0 radical (unpaired) electrons. The molecule has 0 spiro atoms. The largest absolute Gasteiger partial charge is 0.478 e. The molecular weight excluding hydrogens is 683 g/mol. The van der Waals surface area contributed by atoms with E-state index in [2.05, 4.69) is 46.1 Å². The van der Waals surface area contributed by atoms with E-state index in [1.54, 1.807) is 18.0 Å². The Kier molecular flexibility index (Phi) is 9.66. The number of rotatable bonds is 11. The number of pyridine rings is 2. The minimum atomic E-state index is -0.608. The van der Waals surface area contributed by atoms with Crippen molar-refractivity contribution in [3.8, 4) is 28.4 Å². The third kappa shape index (κ3) is 6.72. The summed E-state index contributed by atoms with van der Waals surface area (Å²) in [4.78, 5) is 67.3. The number of amides is 4. The Morgan fingerprint density at radius 1 is 0.944 bits per heavy atom. The maximum atomic E-state index is 13.1. The standard InChI is InChI=1S/C42H43N7O5/c1-3-37-45-40(36-25-47(26(2)50)18-19-48(36)37)30-12-8-11-28-21-34(43-23-32(28)30)29-14-17-39(44-22-29)54-20-6-4-5-9-27-10-7-13-31-33(27)24-49(42(31)53)35-15-16-38(51)46-41(35)52/h7-8,10-14,17,21-23,35H,3-6,9,15-16,18-20,24-25H2,1-2H3,(H,46,51,52). The SMILES string of the molecule is CCc1nc(-c2cccc3cc(-c4ccc(OCCCCCc5cccc6c5CN(C5CCC(=O)NC5=O)C6=O)nc4)ncc23)c2n1CCN(C(C)=O)C2. The minimum Gasteiger partial charge on any atom is -0.478 e. The van der Waals surface area contributed by atoms with E-state index in [-0.39, 0.29) is 24.1 Å². The average molecular weight is 726 g/mol. The van der Waals surface area contributed by atoms with Crippen LogP contribution in [0.1, 0.15) is 79.0 Å². The van der Waals surface area contributed by atoms with Crippen LogP contribution in [0.15, 0.2) is 67.0 Å². The first kappa shape index (κ1) is 35.1. The first-order valence-corrected chi connectivity index (χ1v) is 18.9. The molecular formula is C42H43N7O5. The Hall–Kier alpha value is -5.91. The molecule has 4 amide bonds. The number of aryl methyl sites for hydroxylation is 2. The van der Waals surface area contributed by atoms with Crippen LogP contribution in [0, 0.1) is 0 Å². The fourth-order valence-electron chi connectivity index (χ4n) is 8.01. The monoisotopic (exact) mass is 725 g/mol. The molecule has 1 N–H and O–H groups in total. The zero-order valence-corrected chi connectivity index (χ0v) is 30.6. The summed E-state index contributed by atoms with van der Waals surface area (Å²) in [6.45, 7) is 6.67. The van der Waals surface area contributed by atoms with Crippen LogP contribution in [-0.2, 0) is 46.9 Å². The molecule has 1 saturated heterocycles. The number of piperidine rings is 1. The highest BCUT2D eigenvalue weighted by molar-refractivity contribution is 6.05. The van der Waals surface area contributed by atoms with Gasteiger partial charge in [0.2, 0.25) is 23.6 Å². The zero-order valence-electron chi connectivity index (χ0n) is 30.6. The fraction of sp³-hybridized carbons (Fsp3) is 0.357. The number of nitrogens with one attached hydrogen (secondary N) is 1. The van der Waals surface area contributed by atoms with Crippen LogP contribution in [0.2, 0.25) is 0 Å². The smallest absolute Gasteiger partial charge is 0.255 e. The highest BCUT2D eigenvalue weighted by atomic mass is 16.5. The van der Waals surface area contributed by atoms with E-state index in [9.17, 15) is 19.2 Å². The van der Waals surface area contributed by atoms with Crippen molar-refractivity contribution in [2.24, 2.45) is 0 Å². The van der Waals surface area contributed by atoms with Gasteiger partial charge in [-0.3, -0.25) is 29.5 Å². The van der Waals surface area contributed by atoms with E-state index >= 15 is 0 Å². The molecule has 2 aromatic carbocycles. The Morgan fingerprint density at radius 3 is 2.59 bits per heavy atom. The molecule has 0 aliphatic carbocycles. The van der Waals surface area contributed by atoms with Gasteiger partial charge in [-0.25, -0.2) is 9.97 Å². The number of aromatic nitrogens is 4. The van der Waals surface area contributed by atoms with Crippen molar-refractivity contribution in [2.75, 3.05) is 13.2 Å². The van der Waals surface area contributed by atoms with E-state index in [1.807, 2.05) is 41.4 Å².